The SMILES string of the molecule is CCCCN(C)C(=O)CCCC(=O)c1ccc(Br)cc1. The Kier molecular flexibility index (Phi) is 7.52. The monoisotopic (exact) mass is 339 g/mol. The van der Waals surface area contributed by atoms with E-state index in [2.05, 4.69) is 22.9 Å². The number of unbranched alkanes of at least 4 members (excludes halogenated alkanes) is 1. The van der Waals surface area contributed by atoms with E-state index in [0.717, 1.165) is 23.9 Å². The predicted molar refractivity (Wildman–Crippen MR) is 84.9 cm³/mol. The highest BCUT2D eigenvalue weighted by atomic mass is 79.9. The summed E-state index contributed by atoms with van der Waals surface area (Å²) in [5.41, 5.74) is 0.708. The molecule has 0 saturated heterocycles. The molecular weight excluding hydrogens is 318 g/mol. The fourth-order valence-electron chi connectivity index (χ4n) is 1.89. The van der Waals surface area contributed by atoms with Crippen molar-refractivity contribution in [3.8, 4) is 0 Å². The molecule has 0 spiro atoms. The molecule has 0 unspecified atom stereocenters. The first-order valence-electron chi connectivity index (χ1n) is 7.07. The minimum Gasteiger partial charge on any atom is -0.346 e. The molecule has 4 heteroatoms. The van der Waals surface area contributed by atoms with Gasteiger partial charge in [0.2, 0.25) is 5.91 Å². The Labute approximate surface area is 129 Å². The van der Waals surface area contributed by atoms with Crippen molar-refractivity contribution in [2.24, 2.45) is 0 Å². The lowest BCUT2D eigenvalue weighted by atomic mass is 10.1. The first kappa shape index (κ1) is 16.9. The average molecular weight is 340 g/mol. The summed E-state index contributed by atoms with van der Waals surface area (Å²) >= 11 is 3.34. The number of Topliss-reactive ketones (excluding diaryl/α,β-unsaturated/α-hetero) is 1. The number of ketones is 1. The maximum atomic E-state index is 11.9. The van der Waals surface area contributed by atoms with Crippen LogP contribution in [0.1, 0.15) is 49.4 Å². The molecule has 0 saturated carbocycles. The topological polar surface area (TPSA) is 37.4 Å². The molecule has 110 valence electrons. The normalized spacial score (nSPS) is 10.3. The highest BCUT2D eigenvalue weighted by molar-refractivity contribution is 9.10. The summed E-state index contributed by atoms with van der Waals surface area (Å²) in [5.74, 6) is 0.226. The van der Waals surface area contributed by atoms with E-state index >= 15 is 0 Å². The molecule has 0 atom stereocenters. The van der Waals surface area contributed by atoms with Gasteiger partial charge < -0.3 is 4.90 Å². The van der Waals surface area contributed by atoms with Crippen molar-refractivity contribution in [3.05, 3.63) is 34.3 Å². The second-order valence-corrected chi connectivity index (χ2v) is 5.87. The Morgan fingerprint density at radius 3 is 2.35 bits per heavy atom. The Morgan fingerprint density at radius 2 is 1.75 bits per heavy atom. The average Bonchev–Trinajstić information content (AvgIpc) is 2.45. The van der Waals surface area contributed by atoms with Crippen molar-refractivity contribution in [1.29, 1.82) is 0 Å². The Balaban J connectivity index is 2.31. The molecule has 3 nitrogen and oxygen atoms in total. The van der Waals surface area contributed by atoms with Crippen LogP contribution in [-0.4, -0.2) is 30.2 Å². The van der Waals surface area contributed by atoms with Crippen molar-refractivity contribution in [2.45, 2.75) is 39.0 Å². The minimum absolute atomic E-state index is 0.0986. The van der Waals surface area contributed by atoms with Crippen molar-refractivity contribution in [1.82, 2.24) is 4.90 Å². The third-order valence-electron chi connectivity index (χ3n) is 3.23. The number of halogens is 1. The highest BCUT2D eigenvalue weighted by Crippen LogP contribution is 2.13. The van der Waals surface area contributed by atoms with Gasteiger partial charge in [-0.2, -0.15) is 0 Å². The molecular formula is C16H22BrNO2. The standard InChI is InChI=1S/C16H22BrNO2/c1-3-4-12-18(2)16(20)7-5-6-15(19)13-8-10-14(17)11-9-13/h8-11H,3-7,12H2,1-2H3. The lowest BCUT2D eigenvalue weighted by Crippen LogP contribution is -2.27. The smallest absolute Gasteiger partial charge is 0.222 e. The number of rotatable bonds is 8. The third kappa shape index (κ3) is 5.87. The molecule has 0 bridgehead atoms. The molecule has 0 aliphatic rings. The molecule has 1 amide bonds. The van der Waals surface area contributed by atoms with Crippen LogP contribution in [0.2, 0.25) is 0 Å². The van der Waals surface area contributed by atoms with Gasteiger partial charge in [0.05, 0.1) is 0 Å². The van der Waals surface area contributed by atoms with Gasteiger partial charge in [0.1, 0.15) is 0 Å². The van der Waals surface area contributed by atoms with E-state index in [1.807, 2.05) is 31.3 Å². The molecule has 0 heterocycles. The summed E-state index contributed by atoms with van der Waals surface area (Å²) in [6, 6.07) is 7.33. The van der Waals surface area contributed by atoms with E-state index < -0.39 is 0 Å². The molecule has 1 aromatic rings. The molecule has 0 N–H and O–H groups in total. The third-order valence-corrected chi connectivity index (χ3v) is 3.76. The van der Waals surface area contributed by atoms with Gasteiger partial charge in [-0.1, -0.05) is 41.4 Å². The number of hydrogen-bond donors (Lipinski definition) is 0. The van der Waals surface area contributed by atoms with E-state index in [9.17, 15) is 9.59 Å². The van der Waals surface area contributed by atoms with Crippen molar-refractivity contribution >= 4 is 27.6 Å². The second-order valence-electron chi connectivity index (χ2n) is 4.95. The number of carbonyl (C=O) groups excluding carboxylic acids is 2. The van der Waals surface area contributed by atoms with E-state index in [1.54, 1.807) is 4.90 Å². The summed E-state index contributed by atoms with van der Waals surface area (Å²) in [6.07, 6.45) is 3.60. The first-order chi connectivity index (χ1) is 9.54. The fraction of sp³-hybridized carbons (Fsp3) is 0.500. The van der Waals surface area contributed by atoms with Gasteiger partial charge in [0, 0.05) is 36.5 Å². The Morgan fingerprint density at radius 1 is 1.10 bits per heavy atom. The van der Waals surface area contributed by atoms with Crippen LogP contribution in [0.25, 0.3) is 0 Å². The maximum absolute atomic E-state index is 11.9. The lowest BCUT2D eigenvalue weighted by Gasteiger charge is -2.16. The van der Waals surface area contributed by atoms with Gasteiger partial charge in [-0.25, -0.2) is 0 Å². The van der Waals surface area contributed by atoms with Crippen LogP contribution >= 0.6 is 15.9 Å². The number of hydrogen-bond acceptors (Lipinski definition) is 2. The van der Waals surface area contributed by atoms with E-state index in [1.165, 1.54) is 0 Å². The maximum Gasteiger partial charge on any atom is 0.222 e. The van der Waals surface area contributed by atoms with Crippen LogP contribution in [-0.2, 0) is 4.79 Å². The number of benzene rings is 1. The summed E-state index contributed by atoms with van der Waals surface area (Å²) in [5, 5.41) is 0. The van der Waals surface area contributed by atoms with Gasteiger partial charge >= 0.3 is 0 Å². The second kappa shape index (κ2) is 8.90. The van der Waals surface area contributed by atoms with Crippen molar-refractivity contribution in [3.63, 3.8) is 0 Å². The zero-order chi connectivity index (χ0) is 15.0. The first-order valence-corrected chi connectivity index (χ1v) is 7.86. The van der Waals surface area contributed by atoms with Crippen LogP contribution in [0.15, 0.2) is 28.7 Å². The summed E-state index contributed by atoms with van der Waals surface area (Å²) in [7, 11) is 1.83. The molecule has 1 aromatic carbocycles. The van der Waals surface area contributed by atoms with Crippen LogP contribution in [0, 0.1) is 0 Å². The van der Waals surface area contributed by atoms with Gasteiger partial charge in [0.15, 0.2) is 5.78 Å². The molecule has 1 rings (SSSR count). The van der Waals surface area contributed by atoms with E-state index in [-0.39, 0.29) is 11.7 Å². The number of amides is 1. The van der Waals surface area contributed by atoms with E-state index in [0.29, 0.717) is 24.8 Å². The van der Waals surface area contributed by atoms with Crippen molar-refractivity contribution in [2.75, 3.05) is 13.6 Å². The van der Waals surface area contributed by atoms with Gasteiger partial charge in [-0.15, -0.1) is 0 Å². The van der Waals surface area contributed by atoms with Crippen LogP contribution in [0.5, 0.6) is 0 Å². The number of carbonyl (C=O) groups is 2. The molecule has 0 radical (unpaired) electrons. The molecule has 0 fully saturated rings. The van der Waals surface area contributed by atoms with Gasteiger partial charge in [-0.3, -0.25) is 9.59 Å². The molecule has 0 aliphatic heterocycles. The fourth-order valence-corrected chi connectivity index (χ4v) is 2.16. The van der Waals surface area contributed by atoms with Crippen LogP contribution in [0.3, 0.4) is 0 Å². The molecule has 0 aliphatic carbocycles. The summed E-state index contributed by atoms with van der Waals surface area (Å²) in [4.78, 5) is 25.5. The van der Waals surface area contributed by atoms with Crippen LogP contribution < -0.4 is 0 Å². The zero-order valence-electron chi connectivity index (χ0n) is 12.2. The zero-order valence-corrected chi connectivity index (χ0v) is 13.8. The highest BCUT2D eigenvalue weighted by Gasteiger charge is 2.10. The van der Waals surface area contributed by atoms with E-state index in [4.69, 9.17) is 0 Å². The van der Waals surface area contributed by atoms with Gasteiger partial charge in [0.25, 0.3) is 0 Å². The number of nitrogens with zero attached hydrogens (tertiary/aromatic N) is 1. The van der Waals surface area contributed by atoms with Crippen molar-refractivity contribution < 1.29 is 9.59 Å². The Hall–Kier alpha value is -1.16. The quantitative estimate of drug-likeness (QED) is 0.669. The van der Waals surface area contributed by atoms with Gasteiger partial charge in [-0.05, 0) is 25.0 Å². The predicted octanol–water partition coefficient (Wildman–Crippen LogP) is 4.06. The lowest BCUT2D eigenvalue weighted by molar-refractivity contribution is -0.130. The molecule has 0 aromatic heterocycles. The summed E-state index contributed by atoms with van der Waals surface area (Å²) < 4.78 is 0.960. The van der Waals surface area contributed by atoms with Crippen LogP contribution in [0.4, 0.5) is 0 Å². The Bertz CT molecular complexity index is 442. The minimum atomic E-state index is 0.0986. The summed E-state index contributed by atoms with van der Waals surface area (Å²) in [6.45, 7) is 2.91. The largest absolute Gasteiger partial charge is 0.346 e. The molecule has 20 heavy (non-hydrogen) atoms.